The zero-order valence-electron chi connectivity index (χ0n) is 22.8. The number of nitrogens with zero attached hydrogens (tertiary/aromatic N) is 4. The molecule has 2 fully saturated rings. The number of amides is 3. The monoisotopic (exact) mass is 595 g/mol. The predicted octanol–water partition coefficient (Wildman–Crippen LogP) is 4.69. The summed E-state index contributed by atoms with van der Waals surface area (Å²) < 4.78 is 33.5. The van der Waals surface area contributed by atoms with Crippen LogP contribution in [0, 0.1) is 11.6 Å². The van der Waals surface area contributed by atoms with Crippen LogP contribution in [0.1, 0.15) is 31.2 Å². The van der Waals surface area contributed by atoms with Gasteiger partial charge in [-0.3, -0.25) is 10.1 Å². The normalized spacial score (nSPS) is 15.7. The molecule has 0 atom stereocenters. The molecule has 1 aromatic heterocycles. The first-order valence-electron chi connectivity index (χ1n) is 13.8. The molecule has 0 unspecified atom stereocenters. The van der Waals surface area contributed by atoms with E-state index >= 15 is 0 Å². The van der Waals surface area contributed by atoms with E-state index in [4.69, 9.17) is 17.0 Å². The van der Waals surface area contributed by atoms with Gasteiger partial charge in [0.25, 0.3) is 0 Å². The van der Waals surface area contributed by atoms with E-state index in [1.165, 1.54) is 61.6 Å². The van der Waals surface area contributed by atoms with Crippen molar-refractivity contribution in [1.82, 2.24) is 25.1 Å². The number of likely N-dealkylation sites (tertiary alicyclic amines) is 2. The molecular formula is C29H31F2N7O3S. The SMILES string of the molecule is O=C(Cc1ccc(F)cc1)NC(=S)Nc1ccc(Oc2cc(NC(=O)N3CCC(N4CCCC4)CC3)ncn2)c(F)c1. The number of nitrogens with one attached hydrogen (secondary N) is 3. The molecule has 2 aliphatic heterocycles. The van der Waals surface area contributed by atoms with Gasteiger partial charge in [0.1, 0.15) is 18.0 Å². The number of benzene rings is 2. The first kappa shape index (κ1) is 29.3. The molecule has 5 rings (SSSR count). The van der Waals surface area contributed by atoms with Crippen molar-refractivity contribution in [3.05, 3.63) is 72.1 Å². The minimum Gasteiger partial charge on any atom is -0.436 e. The van der Waals surface area contributed by atoms with Gasteiger partial charge in [0, 0.05) is 37.0 Å². The maximum absolute atomic E-state index is 14.8. The molecule has 3 aromatic rings. The number of hydrogen-bond acceptors (Lipinski definition) is 7. The van der Waals surface area contributed by atoms with E-state index in [0.29, 0.717) is 24.7 Å². The topological polar surface area (TPSA) is 112 Å². The Morgan fingerprint density at radius 3 is 2.40 bits per heavy atom. The van der Waals surface area contributed by atoms with Crippen LogP contribution in [0.15, 0.2) is 54.9 Å². The van der Waals surface area contributed by atoms with Crippen molar-refractivity contribution in [2.24, 2.45) is 0 Å². The number of rotatable bonds is 7. The van der Waals surface area contributed by atoms with Crippen LogP contribution < -0.4 is 20.7 Å². The van der Waals surface area contributed by atoms with Gasteiger partial charge < -0.3 is 25.2 Å². The van der Waals surface area contributed by atoms with Gasteiger partial charge in [0.15, 0.2) is 16.7 Å². The van der Waals surface area contributed by atoms with Crippen molar-refractivity contribution in [1.29, 1.82) is 0 Å². The van der Waals surface area contributed by atoms with Gasteiger partial charge in [-0.1, -0.05) is 12.1 Å². The molecule has 2 aliphatic rings. The molecule has 2 saturated heterocycles. The summed E-state index contributed by atoms with van der Waals surface area (Å²) in [6.07, 6.45) is 5.62. The van der Waals surface area contributed by atoms with E-state index in [-0.39, 0.29) is 40.7 Å². The molecule has 3 heterocycles. The Hall–Kier alpha value is -4.23. The van der Waals surface area contributed by atoms with Crippen molar-refractivity contribution in [2.45, 2.75) is 38.1 Å². The van der Waals surface area contributed by atoms with Crippen molar-refractivity contribution in [3.8, 4) is 11.6 Å². The summed E-state index contributed by atoms with van der Waals surface area (Å²) in [6.45, 7) is 3.64. The summed E-state index contributed by atoms with van der Waals surface area (Å²) >= 11 is 5.14. The lowest BCUT2D eigenvalue weighted by Crippen LogP contribution is -2.47. The molecule has 2 aromatic carbocycles. The minimum absolute atomic E-state index is 0.00184. The average Bonchev–Trinajstić information content (AvgIpc) is 3.51. The second kappa shape index (κ2) is 13.6. The van der Waals surface area contributed by atoms with E-state index in [2.05, 4.69) is 30.8 Å². The zero-order chi connectivity index (χ0) is 29.5. The highest BCUT2D eigenvalue weighted by Crippen LogP contribution is 2.27. The number of hydrogen-bond donors (Lipinski definition) is 3. The Balaban J connectivity index is 1.10. The highest BCUT2D eigenvalue weighted by molar-refractivity contribution is 7.80. The summed E-state index contributed by atoms with van der Waals surface area (Å²) in [5.41, 5.74) is 0.908. The summed E-state index contributed by atoms with van der Waals surface area (Å²) in [6, 6.07) is 11.3. The zero-order valence-corrected chi connectivity index (χ0v) is 23.6. The van der Waals surface area contributed by atoms with Crippen molar-refractivity contribution >= 4 is 40.8 Å². The summed E-state index contributed by atoms with van der Waals surface area (Å²) in [7, 11) is 0. The van der Waals surface area contributed by atoms with Gasteiger partial charge in [-0.25, -0.2) is 23.5 Å². The van der Waals surface area contributed by atoms with E-state index in [9.17, 15) is 18.4 Å². The third kappa shape index (κ3) is 7.95. The lowest BCUT2D eigenvalue weighted by Gasteiger charge is -2.36. The van der Waals surface area contributed by atoms with Gasteiger partial charge in [-0.15, -0.1) is 0 Å². The van der Waals surface area contributed by atoms with Crippen LogP contribution in [0.3, 0.4) is 0 Å². The summed E-state index contributed by atoms with van der Waals surface area (Å²) in [5.74, 6) is -1.31. The minimum atomic E-state index is -0.703. The molecule has 3 N–H and O–H groups in total. The molecule has 0 bridgehead atoms. The summed E-state index contributed by atoms with van der Waals surface area (Å²) in [4.78, 5) is 37.4. The van der Waals surface area contributed by atoms with Crippen LogP contribution in [0.2, 0.25) is 0 Å². The van der Waals surface area contributed by atoms with Crippen LogP contribution in [0.5, 0.6) is 11.6 Å². The van der Waals surface area contributed by atoms with Gasteiger partial charge >= 0.3 is 6.03 Å². The highest BCUT2D eigenvalue weighted by atomic mass is 32.1. The van der Waals surface area contributed by atoms with E-state index in [0.717, 1.165) is 32.0 Å². The van der Waals surface area contributed by atoms with Gasteiger partial charge in [0.05, 0.1) is 6.42 Å². The van der Waals surface area contributed by atoms with Gasteiger partial charge in [-0.05, 0) is 80.8 Å². The number of halogens is 2. The van der Waals surface area contributed by atoms with E-state index < -0.39 is 17.5 Å². The van der Waals surface area contributed by atoms with Crippen LogP contribution in [0.25, 0.3) is 0 Å². The molecule has 220 valence electrons. The lowest BCUT2D eigenvalue weighted by molar-refractivity contribution is -0.119. The molecular weight excluding hydrogens is 564 g/mol. The fourth-order valence-electron chi connectivity index (χ4n) is 5.09. The third-order valence-electron chi connectivity index (χ3n) is 7.22. The fourth-order valence-corrected chi connectivity index (χ4v) is 5.32. The number of carbonyl (C=O) groups is 2. The molecule has 3 amide bonds. The second-order valence-electron chi connectivity index (χ2n) is 10.2. The smallest absolute Gasteiger partial charge is 0.323 e. The van der Waals surface area contributed by atoms with E-state index in [1.807, 2.05) is 0 Å². The molecule has 0 saturated carbocycles. The number of piperidine rings is 1. The van der Waals surface area contributed by atoms with Crippen molar-refractivity contribution in [2.75, 3.05) is 36.8 Å². The molecule has 0 spiro atoms. The van der Waals surface area contributed by atoms with Crippen molar-refractivity contribution < 1.29 is 23.1 Å². The largest absolute Gasteiger partial charge is 0.436 e. The molecule has 10 nitrogen and oxygen atoms in total. The Morgan fingerprint density at radius 2 is 1.69 bits per heavy atom. The number of thiocarbonyl (C=S) groups is 1. The Bertz CT molecular complexity index is 1430. The number of carbonyl (C=O) groups excluding carboxylic acids is 2. The highest BCUT2D eigenvalue weighted by Gasteiger charge is 2.28. The first-order chi connectivity index (χ1) is 20.3. The number of ether oxygens (including phenoxy) is 1. The second-order valence-corrected chi connectivity index (χ2v) is 10.6. The molecule has 0 radical (unpaired) electrons. The number of aromatic nitrogens is 2. The van der Waals surface area contributed by atoms with Crippen LogP contribution in [-0.4, -0.2) is 69.0 Å². The maximum atomic E-state index is 14.8. The molecule has 13 heteroatoms. The fraction of sp³-hybridized carbons (Fsp3) is 0.345. The quantitative estimate of drug-likeness (QED) is 0.338. The van der Waals surface area contributed by atoms with Crippen LogP contribution in [0.4, 0.5) is 25.1 Å². The average molecular weight is 596 g/mol. The predicted molar refractivity (Wildman–Crippen MR) is 157 cm³/mol. The molecule has 0 aliphatic carbocycles. The first-order valence-corrected chi connectivity index (χ1v) is 14.2. The number of urea groups is 1. The Kier molecular flexibility index (Phi) is 9.49. The Labute approximate surface area is 247 Å². The van der Waals surface area contributed by atoms with Gasteiger partial charge in [0.2, 0.25) is 11.8 Å². The van der Waals surface area contributed by atoms with Crippen molar-refractivity contribution in [3.63, 3.8) is 0 Å². The van der Waals surface area contributed by atoms with Gasteiger partial charge in [-0.2, -0.15) is 0 Å². The van der Waals surface area contributed by atoms with Crippen LogP contribution in [-0.2, 0) is 11.2 Å². The molecule has 42 heavy (non-hydrogen) atoms. The standard InChI is InChI=1S/C29H31F2N7O3S/c30-20-5-3-19(4-6-20)15-26(39)36-28(42)34-21-7-8-24(23(31)16-21)41-27-17-25(32-18-33-27)35-29(40)38-13-9-22(10-14-38)37-11-1-2-12-37/h3-8,16-18,22H,1-2,9-15H2,(H,32,33,35,40)(H2,34,36,39,42). The van der Waals surface area contributed by atoms with Crippen LogP contribution >= 0.6 is 12.2 Å². The third-order valence-corrected chi connectivity index (χ3v) is 7.43. The Morgan fingerprint density at radius 1 is 0.952 bits per heavy atom. The summed E-state index contributed by atoms with van der Waals surface area (Å²) in [5, 5.41) is 8.00. The van der Waals surface area contributed by atoms with E-state index in [1.54, 1.807) is 4.90 Å². The number of anilines is 2. The lowest BCUT2D eigenvalue weighted by atomic mass is 10.0. The maximum Gasteiger partial charge on any atom is 0.323 e.